The summed E-state index contributed by atoms with van der Waals surface area (Å²) in [5.41, 5.74) is 2.86. The molecule has 6 heteroatoms. The highest BCUT2D eigenvalue weighted by molar-refractivity contribution is 5.96. The summed E-state index contributed by atoms with van der Waals surface area (Å²) in [7, 11) is 0. The minimum atomic E-state index is -0.977. The van der Waals surface area contributed by atoms with Gasteiger partial charge in [0, 0.05) is 5.57 Å². The lowest BCUT2D eigenvalue weighted by Gasteiger charge is -2.18. The molecule has 0 radical (unpaired) electrons. The Labute approximate surface area is 207 Å². The number of rotatable bonds is 10. The molecule has 4 unspecified atom stereocenters. The molecule has 186 valence electrons. The molecule has 5 nitrogen and oxygen atoms in total. The van der Waals surface area contributed by atoms with Gasteiger partial charge in [-0.2, -0.15) is 0 Å². The van der Waals surface area contributed by atoms with Crippen molar-refractivity contribution in [3.8, 4) is 11.5 Å². The Balaban J connectivity index is 1.24. The lowest BCUT2D eigenvalue weighted by molar-refractivity contribution is -0.117. The lowest BCUT2D eigenvalue weighted by Crippen LogP contribution is -2.28. The second kappa shape index (κ2) is 11.9. The number of ether oxygens (including phenoxy) is 3. The summed E-state index contributed by atoms with van der Waals surface area (Å²) in [6.07, 6.45) is 8.33. The molecule has 1 N–H and O–H groups in total. The van der Waals surface area contributed by atoms with Crippen LogP contribution in [0.1, 0.15) is 50.3 Å². The first-order valence-corrected chi connectivity index (χ1v) is 12.4. The standard InChI is InChI=1S/C29H34FNO4/c1-20(30)19-34-27-5-3-4-22(17-27)16-23-6-9-28(18-23)35-26-10-7-24(8-11-26)21(2)31-29(32)25-12-14-33-15-13-25/h3-5,7-8,10-14,17,20-21,23,28H,6,9,15-16,18-19H2,1-2H3,(H,31,32). The van der Waals surface area contributed by atoms with Crippen molar-refractivity contribution in [2.75, 3.05) is 13.2 Å². The van der Waals surface area contributed by atoms with Crippen LogP contribution in [0.25, 0.3) is 0 Å². The Bertz CT molecular complexity index is 1050. The van der Waals surface area contributed by atoms with Crippen LogP contribution in [0.5, 0.6) is 11.5 Å². The highest BCUT2D eigenvalue weighted by Gasteiger charge is 2.26. The van der Waals surface area contributed by atoms with Crippen LogP contribution >= 0.6 is 0 Å². The van der Waals surface area contributed by atoms with Crippen molar-refractivity contribution < 1.29 is 23.4 Å². The van der Waals surface area contributed by atoms with Gasteiger partial charge in [0.15, 0.2) is 0 Å². The predicted octanol–water partition coefficient (Wildman–Crippen LogP) is 5.86. The number of benzene rings is 2. The molecular weight excluding hydrogens is 445 g/mol. The molecule has 2 aromatic carbocycles. The SMILES string of the molecule is CC(F)COc1cccc(CC2CCC(Oc3ccc(C(C)NC(=O)C4=CCOC=C4)cc3)C2)c1. The fourth-order valence-corrected chi connectivity index (χ4v) is 4.57. The van der Waals surface area contributed by atoms with Gasteiger partial charge in [0.1, 0.15) is 30.9 Å². The number of hydrogen-bond donors (Lipinski definition) is 1. The van der Waals surface area contributed by atoms with Crippen LogP contribution in [0.4, 0.5) is 4.39 Å². The number of halogens is 1. The zero-order chi connectivity index (χ0) is 24.6. The van der Waals surface area contributed by atoms with Gasteiger partial charge in [0.25, 0.3) is 5.91 Å². The first kappa shape index (κ1) is 24.8. The number of carbonyl (C=O) groups excluding carboxylic acids is 1. The van der Waals surface area contributed by atoms with E-state index in [1.807, 2.05) is 49.4 Å². The highest BCUT2D eigenvalue weighted by atomic mass is 19.1. The molecule has 1 saturated carbocycles. The fraction of sp³-hybridized carbons (Fsp3) is 0.414. The van der Waals surface area contributed by atoms with E-state index in [4.69, 9.17) is 14.2 Å². The van der Waals surface area contributed by atoms with Crippen LogP contribution < -0.4 is 14.8 Å². The third kappa shape index (κ3) is 7.35. The van der Waals surface area contributed by atoms with Crippen molar-refractivity contribution in [3.63, 3.8) is 0 Å². The van der Waals surface area contributed by atoms with Crippen LogP contribution in [-0.2, 0) is 16.0 Å². The average Bonchev–Trinajstić information content (AvgIpc) is 3.30. The number of alkyl halides is 1. The molecule has 1 fully saturated rings. The van der Waals surface area contributed by atoms with Crippen molar-refractivity contribution in [1.82, 2.24) is 5.32 Å². The van der Waals surface area contributed by atoms with Gasteiger partial charge in [-0.1, -0.05) is 24.3 Å². The molecule has 0 bridgehead atoms. The van der Waals surface area contributed by atoms with Gasteiger partial charge in [-0.25, -0.2) is 4.39 Å². The third-order valence-electron chi connectivity index (χ3n) is 6.43. The van der Waals surface area contributed by atoms with E-state index in [2.05, 4.69) is 11.4 Å². The molecule has 1 amide bonds. The Morgan fingerprint density at radius 2 is 1.97 bits per heavy atom. The molecule has 4 rings (SSSR count). The maximum absolute atomic E-state index is 13.1. The highest BCUT2D eigenvalue weighted by Crippen LogP contribution is 2.32. The van der Waals surface area contributed by atoms with Crippen molar-refractivity contribution >= 4 is 5.91 Å². The Kier molecular flexibility index (Phi) is 8.45. The summed E-state index contributed by atoms with van der Waals surface area (Å²) >= 11 is 0. The summed E-state index contributed by atoms with van der Waals surface area (Å²) in [5.74, 6) is 2.02. The Morgan fingerprint density at radius 1 is 1.14 bits per heavy atom. The first-order chi connectivity index (χ1) is 17.0. The zero-order valence-electron chi connectivity index (χ0n) is 20.4. The molecule has 1 aliphatic heterocycles. The molecule has 1 aliphatic carbocycles. The Hall–Kier alpha value is -3.28. The second-order valence-electron chi connectivity index (χ2n) is 9.42. The smallest absolute Gasteiger partial charge is 0.251 e. The predicted molar refractivity (Wildman–Crippen MR) is 134 cm³/mol. The molecule has 2 aromatic rings. The van der Waals surface area contributed by atoms with Gasteiger partial charge >= 0.3 is 0 Å². The van der Waals surface area contributed by atoms with E-state index < -0.39 is 6.17 Å². The summed E-state index contributed by atoms with van der Waals surface area (Å²) in [6.45, 7) is 3.97. The van der Waals surface area contributed by atoms with E-state index in [1.54, 1.807) is 18.4 Å². The van der Waals surface area contributed by atoms with E-state index in [0.717, 1.165) is 42.7 Å². The molecule has 2 aliphatic rings. The molecule has 0 saturated heterocycles. The van der Waals surface area contributed by atoms with Crippen LogP contribution in [-0.4, -0.2) is 31.4 Å². The van der Waals surface area contributed by atoms with Gasteiger partial charge in [0.05, 0.1) is 18.4 Å². The maximum Gasteiger partial charge on any atom is 0.251 e. The topological polar surface area (TPSA) is 56.8 Å². The lowest BCUT2D eigenvalue weighted by atomic mass is 9.98. The van der Waals surface area contributed by atoms with Crippen LogP contribution in [0.15, 0.2) is 72.5 Å². The minimum Gasteiger partial charge on any atom is -0.497 e. The third-order valence-corrected chi connectivity index (χ3v) is 6.43. The monoisotopic (exact) mass is 479 g/mol. The van der Waals surface area contributed by atoms with E-state index in [1.165, 1.54) is 12.5 Å². The maximum atomic E-state index is 13.1. The Morgan fingerprint density at radius 3 is 2.71 bits per heavy atom. The van der Waals surface area contributed by atoms with E-state index in [0.29, 0.717) is 18.1 Å². The van der Waals surface area contributed by atoms with Gasteiger partial charge in [-0.3, -0.25) is 4.79 Å². The molecule has 4 atom stereocenters. The normalized spacial score (nSPS) is 20.9. The van der Waals surface area contributed by atoms with Gasteiger partial charge < -0.3 is 19.5 Å². The number of carbonyl (C=O) groups is 1. The second-order valence-corrected chi connectivity index (χ2v) is 9.42. The number of nitrogens with one attached hydrogen (secondary N) is 1. The molecule has 0 spiro atoms. The first-order valence-electron chi connectivity index (χ1n) is 12.4. The average molecular weight is 480 g/mol. The van der Waals surface area contributed by atoms with Crippen LogP contribution in [0.2, 0.25) is 0 Å². The van der Waals surface area contributed by atoms with Gasteiger partial charge in [-0.15, -0.1) is 0 Å². The van der Waals surface area contributed by atoms with Gasteiger partial charge in [-0.05, 0) is 93.0 Å². The summed E-state index contributed by atoms with van der Waals surface area (Å²) in [5, 5.41) is 3.02. The molecule has 35 heavy (non-hydrogen) atoms. The van der Waals surface area contributed by atoms with Crippen molar-refractivity contribution in [1.29, 1.82) is 0 Å². The minimum absolute atomic E-state index is 0.0809. The van der Waals surface area contributed by atoms with Gasteiger partial charge in [0.2, 0.25) is 0 Å². The molecular formula is C29H34FNO4. The van der Waals surface area contributed by atoms with Crippen molar-refractivity contribution in [2.45, 2.75) is 57.8 Å². The zero-order valence-corrected chi connectivity index (χ0v) is 20.4. The van der Waals surface area contributed by atoms with Crippen LogP contribution in [0, 0.1) is 5.92 Å². The number of hydrogen-bond acceptors (Lipinski definition) is 4. The number of amides is 1. The summed E-state index contributed by atoms with van der Waals surface area (Å²) in [4.78, 5) is 12.4. The summed E-state index contributed by atoms with van der Waals surface area (Å²) < 4.78 is 29.9. The molecule has 0 aromatic heterocycles. The van der Waals surface area contributed by atoms with Crippen molar-refractivity contribution in [2.24, 2.45) is 5.92 Å². The van der Waals surface area contributed by atoms with E-state index >= 15 is 0 Å². The fourth-order valence-electron chi connectivity index (χ4n) is 4.57. The van der Waals surface area contributed by atoms with Crippen LogP contribution in [0.3, 0.4) is 0 Å². The summed E-state index contributed by atoms with van der Waals surface area (Å²) in [6, 6.07) is 15.8. The van der Waals surface area contributed by atoms with Crippen molar-refractivity contribution in [3.05, 3.63) is 83.6 Å². The van der Waals surface area contributed by atoms with E-state index in [9.17, 15) is 9.18 Å². The quantitative estimate of drug-likeness (QED) is 0.464. The molecule has 1 heterocycles. The van der Waals surface area contributed by atoms with E-state index in [-0.39, 0.29) is 24.7 Å². The largest absolute Gasteiger partial charge is 0.497 e.